The highest BCUT2D eigenvalue weighted by molar-refractivity contribution is 7.89. The van der Waals surface area contributed by atoms with Gasteiger partial charge in [0.25, 0.3) is 10.0 Å². The Hall–Kier alpha value is -0.960. The van der Waals surface area contributed by atoms with Gasteiger partial charge >= 0.3 is 0 Å². The standard InChI is InChI=1S/C12H22N4O3S/c1-9-11(7-13)12(15-14-9)20(17,18)16(2)8-10-5-3-4-6-19-10/h10H,3-8,13H2,1-2H3,(H,14,15). The summed E-state index contributed by atoms with van der Waals surface area (Å²) in [7, 11) is -2.08. The van der Waals surface area contributed by atoms with Crippen molar-refractivity contribution < 1.29 is 13.2 Å². The van der Waals surface area contributed by atoms with Crippen molar-refractivity contribution in [3.05, 3.63) is 11.3 Å². The number of nitrogens with two attached hydrogens (primary N) is 1. The van der Waals surface area contributed by atoms with Gasteiger partial charge in [0.15, 0.2) is 5.03 Å². The van der Waals surface area contributed by atoms with Crippen LogP contribution in [0.4, 0.5) is 0 Å². The first kappa shape index (κ1) is 15.4. The lowest BCUT2D eigenvalue weighted by Crippen LogP contribution is -2.37. The molecule has 0 aliphatic carbocycles. The Labute approximate surface area is 119 Å². The Morgan fingerprint density at radius 3 is 2.85 bits per heavy atom. The number of nitrogens with one attached hydrogen (secondary N) is 1. The van der Waals surface area contributed by atoms with Crippen LogP contribution in [0.2, 0.25) is 0 Å². The van der Waals surface area contributed by atoms with Crippen LogP contribution >= 0.6 is 0 Å². The summed E-state index contributed by atoms with van der Waals surface area (Å²) in [6.45, 7) is 2.95. The molecule has 0 spiro atoms. The Morgan fingerprint density at radius 1 is 1.50 bits per heavy atom. The SMILES string of the molecule is Cc1[nH]nc(S(=O)(=O)N(C)CC2CCCCO2)c1CN. The Morgan fingerprint density at radius 2 is 2.25 bits per heavy atom. The van der Waals surface area contributed by atoms with E-state index in [-0.39, 0.29) is 17.7 Å². The molecule has 1 aromatic heterocycles. The van der Waals surface area contributed by atoms with Crippen LogP contribution in [0.3, 0.4) is 0 Å². The van der Waals surface area contributed by atoms with Crippen molar-refractivity contribution in [1.29, 1.82) is 0 Å². The summed E-state index contributed by atoms with van der Waals surface area (Å²) in [5.41, 5.74) is 6.84. The molecule has 0 radical (unpaired) electrons. The zero-order valence-corrected chi connectivity index (χ0v) is 12.7. The Kier molecular flexibility index (Phi) is 4.79. The second kappa shape index (κ2) is 6.21. The normalized spacial score (nSPS) is 20.5. The molecule has 0 aromatic carbocycles. The zero-order valence-electron chi connectivity index (χ0n) is 11.9. The van der Waals surface area contributed by atoms with Gasteiger partial charge < -0.3 is 10.5 Å². The van der Waals surface area contributed by atoms with E-state index in [1.807, 2.05) is 0 Å². The first-order valence-corrected chi connectivity index (χ1v) is 8.22. The average molecular weight is 302 g/mol. The van der Waals surface area contributed by atoms with E-state index in [4.69, 9.17) is 10.5 Å². The molecule has 1 aliphatic heterocycles. The number of aryl methyl sites for hydroxylation is 1. The van der Waals surface area contributed by atoms with Crippen LogP contribution in [0.25, 0.3) is 0 Å². The van der Waals surface area contributed by atoms with Crippen LogP contribution in [0.15, 0.2) is 5.03 Å². The molecule has 3 N–H and O–H groups in total. The predicted molar refractivity (Wildman–Crippen MR) is 74.6 cm³/mol. The van der Waals surface area contributed by atoms with Crippen LogP contribution in [0, 0.1) is 6.92 Å². The van der Waals surface area contributed by atoms with Gasteiger partial charge in [0.1, 0.15) is 0 Å². The molecule has 2 heterocycles. The lowest BCUT2D eigenvalue weighted by Gasteiger charge is -2.26. The molecule has 1 atom stereocenters. The van der Waals surface area contributed by atoms with E-state index in [1.165, 1.54) is 4.31 Å². The van der Waals surface area contributed by atoms with Crippen molar-refractivity contribution in [3.63, 3.8) is 0 Å². The topological polar surface area (TPSA) is 101 Å². The first-order chi connectivity index (χ1) is 9.46. The Balaban J connectivity index is 2.16. The van der Waals surface area contributed by atoms with Gasteiger partial charge in [0.2, 0.25) is 0 Å². The number of hydrogen-bond acceptors (Lipinski definition) is 5. The molecule has 0 amide bonds. The average Bonchev–Trinajstić information content (AvgIpc) is 2.81. The number of sulfonamides is 1. The largest absolute Gasteiger partial charge is 0.377 e. The molecule has 0 saturated carbocycles. The summed E-state index contributed by atoms with van der Waals surface area (Å²) < 4.78 is 31.9. The van der Waals surface area contributed by atoms with Gasteiger partial charge in [-0.1, -0.05) is 0 Å². The number of H-pyrrole nitrogens is 1. The number of ether oxygens (including phenoxy) is 1. The van der Waals surface area contributed by atoms with Crippen LogP contribution in [-0.4, -0.2) is 49.2 Å². The van der Waals surface area contributed by atoms with Gasteiger partial charge in [-0.05, 0) is 26.2 Å². The molecule has 2 rings (SSSR count). The molecule has 1 fully saturated rings. The molecule has 1 aromatic rings. The van der Waals surface area contributed by atoms with E-state index in [1.54, 1.807) is 14.0 Å². The molecule has 1 aliphatic rings. The fourth-order valence-electron chi connectivity index (χ4n) is 2.37. The summed E-state index contributed by atoms with van der Waals surface area (Å²) in [5, 5.41) is 6.61. The third kappa shape index (κ3) is 3.03. The fourth-order valence-corrected chi connectivity index (χ4v) is 3.73. The van der Waals surface area contributed by atoms with Crippen LogP contribution in [-0.2, 0) is 21.3 Å². The van der Waals surface area contributed by atoms with Gasteiger partial charge in [-0.2, -0.15) is 9.40 Å². The number of rotatable bonds is 5. The molecule has 1 unspecified atom stereocenters. The van der Waals surface area contributed by atoms with Gasteiger partial charge in [0, 0.05) is 38.0 Å². The van der Waals surface area contributed by atoms with Crippen LogP contribution < -0.4 is 5.73 Å². The lowest BCUT2D eigenvalue weighted by atomic mass is 10.1. The maximum Gasteiger partial charge on any atom is 0.262 e. The minimum atomic E-state index is -3.63. The zero-order chi connectivity index (χ0) is 14.8. The molecular weight excluding hydrogens is 280 g/mol. The smallest absolute Gasteiger partial charge is 0.262 e. The highest BCUT2D eigenvalue weighted by Crippen LogP contribution is 2.21. The summed E-state index contributed by atoms with van der Waals surface area (Å²) in [6.07, 6.45) is 2.98. The lowest BCUT2D eigenvalue weighted by molar-refractivity contribution is 0.00856. The summed E-state index contributed by atoms with van der Waals surface area (Å²) in [5.74, 6) is 0. The summed E-state index contributed by atoms with van der Waals surface area (Å²) in [6, 6.07) is 0. The van der Waals surface area contributed by atoms with Crippen LogP contribution in [0.1, 0.15) is 30.5 Å². The van der Waals surface area contributed by atoms with Crippen molar-refractivity contribution in [1.82, 2.24) is 14.5 Å². The first-order valence-electron chi connectivity index (χ1n) is 6.78. The van der Waals surface area contributed by atoms with E-state index in [0.29, 0.717) is 24.4 Å². The van der Waals surface area contributed by atoms with Gasteiger partial charge in [-0.15, -0.1) is 0 Å². The molecular formula is C12H22N4O3S. The summed E-state index contributed by atoms with van der Waals surface area (Å²) >= 11 is 0. The molecule has 114 valence electrons. The van der Waals surface area contributed by atoms with E-state index < -0.39 is 10.0 Å². The second-order valence-electron chi connectivity index (χ2n) is 5.11. The highest BCUT2D eigenvalue weighted by atomic mass is 32.2. The molecule has 7 nitrogen and oxygen atoms in total. The molecule has 0 bridgehead atoms. The predicted octanol–water partition coefficient (Wildman–Crippen LogP) is 0.366. The van der Waals surface area contributed by atoms with E-state index in [0.717, 1.165) is 19.3 Å². The molecule has 1 saturated heterocycles. The van der Waals surface area contributed by atoms with Crippen molar-refractivity contribution in [2.75, 3.05) is 20.2 Å². The quantitative estimate of drug-likeness (QED) is 0.818. The number of aromatic nitrogens is 2. The van der Waals surface area contributed by atoms with Crippen molar-refractivity contribution in [2.24, 2.45) is 5.73 Å². The van der Waals surface area contributed by atoms with Crippen LogP contribution in [0.5, 0.6) is 0 Å². The minimum Gasteiger partial charge on any atom is -0.377 e. The van der Waals surface area contributed by atoms with E-state index >= 15 is 0 Å². The molecule has 8 heteroatoms. The van der Waals surface area contributed by atoms with E-state index in [2.05, 4.69) is 10.2 Å². The highest BCUT2D eigenvalue weighted by Gasteiger charge is 2.30. The number of likely N-dealkylation sites (N-methyl/N-ethyl adjacent to an activating group) is 1. The maximum atomic E-state index is 12.5. The van der Waals surface area contributed by atoms with Gasteiger partial charge in [0.05, 0.1) is 6.10 Å². The maximum absolute atomic E-state index is 12.5. The van der Waals surface area contributed by atoms with Gasteiger partial charge in [-0.3, -0.25) is 5.10 Å². The van der Waals surface area contributed by atoms with Crippen molar-refractivity contribution in [3.8, 4) is 0 Å². The number of aromatic amines is 1. The van der Waals surface area contributed by atoms with Crippen molar-refractivity contribution >= 4 is 10.0 Å². The number of nitrogens with zero attached hydrogens (tertiary/aromatic N) is 2. The molecule has 20 heavy (non-hydrogen) atoms. The van der Waals surface area contributed by atoms with E-state index in [9.17, 15) is 8.42 Å². The van der Waals surface area contributed by atoms with Crippen molar-refractivity contribution in [2.45, 2.75) is 43.9 Å². The third-order valence-corrected chi connectivity index (χ3v) is 5.43. The van der Waals surface area contributed by atoms with Gasteiger partial charge in [-0.25, -0.2) is 8.42 Å². The monoisotopic (exact) mass is 302 g/mol. The number of hydrogen-bond donors (Lipinski definition) is 2. The summed E-state index contributed by atoms with van der Waals surface area (Å²) in [4.78, 5) is 0. The fraction of sp³-hybridized carbons (Fsp3) is 0.750. The Bertz CT molecular complexity index is 549. The third-order valence-electron chi connectivity index (χ3n) is 3.63. The second-order valence-corrected chi connectivity index (χ2v) is 7.07. The minimum absolute atomic E-state index is 0.0239.